The minimum Gasteiger partial charge on any atom is -0.396 e. The highest BCUT2D eigenvalue weighted by atomic mass is 16.2. The number of nitrogens with one attached hydrogen (secondary N) is 1. The van der Waals surface area contributed by atoms with E-state index in [2.05, 4.69) is 5.32 Å². The molecule has 0 aromatic carbocycles. The fourth-order valence-electron chi connectivity index (χ4n) is 1.65. The molecular weight excluding hydrogens is 152 g/mol. The van der Waals surface area contributed by atoms with Crippen LogP contribution in [0.1, 0.15) is 32.1 Å². The van der Waals surface area contributed by atoms with Crippen LogP contribution in [0.25, 0.3) is 0 Å². The van der Waals surface area contributed by atoms with E-state index in [0.29, 0.717) is 6.61 Å². The van der Waals surface area contributed by atoms with Crippen molar-refractivity contribution in [2.24, 2.45) is 5.73 Å². The largest absolute Gasteiger partial charge is 0.396 e. The lowest BCUT2D eigenvalue weighted by atomic mass is 9.77. The highest BCUT2D eigenvalue weighted by Gasteiger charge is 2.34. The summed E-state index contributed by atoms with van der Waals surface area (Å²) in [6, 6.07) is 0. The first kappa shape index (κ1) is 9.96. The van der Waals surface area contributed by atoms with Gasteiger partial charge in [0.1, 0.15) is 0 Å². The SMILES string of the molecule is NCC1(NCCCCO)CCC1. The summed E-state index contributed by atoms with van der Waals surface area (Å²) in [5.41, 5.74) is 5.93. The molecule has 1 saturated carbocycles. The van der Waals surface area contributed by atoms with Gasteiger partial charge in [-0.3, -0.25) is 0 Å². The maximum absolute atomic E-state index is 8.57. The van der Waals surface area contributed by atoms with Crippen LogP contribution in [0.5, 0.6) is 0 Å². The van der Waals surface area contributed by atoms with Gasteiger partial charge in [-0.1, -0.05) is 0 Å². The maximum atomic E-state index is 8.57. The zero-order chi connectivity index (χ0) is 8.86. The van der Waals surface area contributed by atoms with Gasteiger partial charge in [0.15, 0.2) is 0 Å². The van der Waals surface area contributed by atoms with Gasteiger partial charge in [0.25, 0.3) is 0 Å². The number of hydrogen-bond donors (Lipinski definition) is 3. The normalized spacial score (nSPS) is 20.5. The van der Waals surface area contributed by atoms with Crippen LogP contribution in [0, 0.1) is 0 Å². The van der Waals surface area contributed by atoms with E-state index in [-0.39, 0.29) is 5.54 Å². The van der Waals surface area contributed by atoms with E-state index in [4.69, 9.17) is 10.8 Å². The molecule has 0 aliphatic heterocycles. The third-order valence-electron chi connectivity index (χ3n) is 2.79. The van der Waals surface area contributed by atoms with Crippen LogP contribution >= 0.6 is 0 Å². The van der Waals surface area contributed by atoms with Crippen molar-refractivity contribution in [1.29, 1.82) is 0 Å². The summed E-state index contributed by atoms with van der Waals surface area (Å²) in [5.74, 6) is 0. The zero-order valence-corrected chi connectivity index (χ0v) is 7.68. The summed E-state index contributed by atoms with van der Waals surface area (Å²) in [7, 11) is 0. The molecule has 3 nitrogen and oxygen atoms in total. The van der Waals surface area contributed by atoms with Gasteiger partial charge in [-0.15, -0.1) is 0 Å². The Morgan fingerprint density at radius 2 is 2.08 bits per heavy atom. The van der Waals surface area contributed by atoms with E-state index in [9.17, 15) is 0 Å². The van der Waals surface area contributed by atoms with Crippen molar-refractivity contribution in [3.05, 3.63) is 0 Å². The molecule has 1 aliphatic rings. The highest BCUT2D eigenvalue weighted by Crippen LogP contribution is 2.30. The molecule has 0 heterocycles. The van der Waals surface area contributed by atoms with E-state index in [1.165, 1.54) is 19.3 Å². The Kier molecular flexibility index (Phi) is 3.98. The second-order valence-electron chi connectivity index (χ2n) is 3.70. The van der Waals surface area contributed by atoms with Crippen molar-refractivity contribution < 1.29 is 5.11 Å². The molecule has 0 saturated heterocycles. The van der Waals surface area contributed by atoms with E-state index in [1.807, 2.05) is 0 Å². The predicted octanol–water partition coefficient (Wildman–Crippen LogP) is 0.230. The Bertz CT molecular complexity index is 118. The van der Waals surface area contributed by atoms with Crippen molar-refractivity contribution in [2.75, 3.05) is 19.7 Å². The second kappa shape index (κ2) is 4.80. The lowest BCUT2D eigenvalue weighted by Crippen LogP contribution is -2.56. The Balaban J connectivity index is 2.04. The van der Waals surface area contributed by atoms with Crippen molar-refractivity contribution in [1.82, 2.24) is 5.32 Å². The van der Waals surface area contributed by atoms with Crippen LogP contribution in [0.4, 0.5) is 0 Å². The molecule has 0 aromatic heterocycles. The molecule has 0 spiro atoms. The van der Waals surface area contributed by atoms with Gasteiger partial charge in [-0.2, -0.15) is 0 Å². The molecule has 1 aliphatic carbocycles. The third kappa shape index (κ3) is 2.44. The molecular formula is C9H20N2O. The van der Waals surface area contributed by atoms with Gasteiger partial charge in [0.2, 0.25) is 0 Å². The lowest BCUT2D eigenvalue weighted by molar-refractivity contribution is 0.190. The van der Waals surface area contributed by atoms with Gasteiger partial charge in [0, 0.05) is 18.7 Å². The predicted molar refractivity (Wildman–Crippen MR) is 50.0 cm³/mol. The first-order valence-corrected chi connectivity index (χ1v) is 4.89. The third-order valence-corrected chi connectivity index (χ3v) is 2.79. The summed E-state index contributed by atoms with van der Waals surface area (Å²) < 4.78 is 0. The van der Waals surface area contributed by atoms with Crippen molar-refractivity contribution in [3.8, 4) is 0 Å². The first-order chi connectivity index (χ1) is 5.83. The minimum absolute atomic E-state index is 0.259. The number of rotatable bonds is 6. The molecule has 72 valence electrons. The van der Waals surface area contributed by atoms with Crippen LogP contribution in [-0.4, -0.2) is 30.3 Å². The van der Waals surface area contributed by atoms with Gasteiger partial charge < -0.3 is 16.2 Å². The standard InChI is InChI=1S/C9H20N2O/c10-8-9(4-3-5-9)11-6-1-2-7-12/h11-12H,1-8,10H2. The Morgan fingerprint density at radius 3 is 2.50 bits per heavy atom. The molecule has 0 unspecified atom stereocenters. The smallest absolute Gasteiger partial charge is 0.0431 e. The van der Waals surface area contributed by atoms with Crippen molar-refractivity contribution >= 4 is 0 Å². The summed E-state index contributed by atoms with van der Waals surface area (Å²) >= 11 is 0. The van der Waals surface area contributed by atoms with Crippen LogP contribution in [0.3, 0.4) is 0 Å². The molecule has 4 N–H and O–H groups in total. The number of hydrogen-bond acceptors (Lipinski definition) is 3. The molecule has 0 bridgehead atoms. The summed E-state index contributed by atoms with van der Waals surface area (Å²) in [6.07, 6.45) is 5.71. The number of aliphatic hydroxyl groups is 1. The quantitative estimate of drug-likeness (QED) is 0.503. The molecule has 1 fully saturated rings. The Labute approximate surface area is 74.3 Å². The van der Waals surface area contributed by atoms with Gasteiger partial charge in [0.05, 0.1) is 0 Å². The van der Waals surface area contributed by atoms with E-state index in [0.717, 1.165) is 25.9 Å². The monoisotopic (exact) mass is 172 g/mol. The summed E-state index contributed by atoms with van der Waals surface area (Å²) in [4.78, 5) is 0. The molecule has 0 radical (unpaired) electrons. The van der Waals surface area contributed by atoms with Crippen LogP contribution in [0.15, 0.2) is 0 Å². The van der Waals surface area contributed by atoms with Crippen LogP contribution < -0.4 is 11.1 Å². The van der Waals surface area contributed by atoms with E-state index >= 15 is 0 Å². The van der Waals surface area contributed by atoms with E-state index in [1.54, 1.807) is 0 Å². The molecule has 0 atom stereocenters. The Hall–Kier alpha value is -0.120. The fourth-order valence-corrected chi connectivity index (χ4v) is 1.65. The Morgan fingerprint density at radius 1 is 1.33 bits per heavy atom. The molecule has 12 heavy (non-hydrogen) atoms. The van der Waals surface area contributed by atoms with Gasteiger partial charge >= 0.3 is 0 Å². The van der Waals surface area contributed by atoms with Crippen LogP contribution in [0.2, 0.25) is 0 Å². The topological polar surface area (TPSA) is 58.3 Å². The molecule has 0 amide bonds. The average Bonchev–Trinajstić information content (AvgIpc) is 2.02. The van der Waals surface area contributed by atoms with Gasteiger partial charge in [-0.05, 0) is 38.6 Å². The minimum atomic E-state index is 0.259. The fraction of sp³-hybridized carbons (Fsp3) is 1.00. The highest BCUT2D eigenvalue weighted by molar-refractivity contribution is 4.96. The summed E-state index contributed by atoms with van der Waals surface area (Å²) in [5, 5.41) is 12.1. The van der Waals surface area contributed by atoms with Crippen LogP contribution in [-0.2, 0) is 0 Å². The first-order valence-electron chi connectivity index (χ1n) is 4.89. The lowest BCUT2D eigenvalue weighted by Gasteiger charge is -2.42. The number of aliphatic hydroxyl groups excluding tert-OH is 1. The summed E-state index contributed by atoms with van der Waals surface area (Å²) in [6.45, 7) is 2.06. The number of nitrogens with two attached hydrogens (primary N) is 1. The van der Waals surface area contributed by atoms with Crippen molar-refractivity contribution in [3.63, 3.8) is 0 Å². The molecule has 1 rings (SSSR count). The molecule has 0 aromatic rings. The zero-order valence-electron chi connectivity index (χ0n) is 7.68. The molecule has 3 heteroatoms. The van der Waals surface area contributed by atoms with E-state index < -0.39 is 0 Å². The van der Waals surface area contributed by atoms with Gasteiger partial charge in [-0.25, -0.2) is 0 Å². The number of unbranched alkanes of at least 4 members (excludes halogenated alkanes) is 1. The average molecular weight is 172 g/mol. The maximum Gasteiger partial charge on any atom is 0.0431 e. The van der Waals surface area contributed by atoms with Crippen molar-refractivity contribution in [2.45, 2.75) is 37.6 Å². The second-order valence-corrected chi connectivity index (χ2v) is 3.70.